The zero-order valence-corrected chi connectivity index (χ0v) is 13.3. The highest BCUT2D eigenvalue weighted by Crippen LogP contribution is 2.19. The molecule has 2 N–H and O–H groups in total. The Balaban J connectivity index is 2.31. The average Bonchev–Trinajstić information content (AvgIpc) is 2.84. The van der Waals surface area contributed by atoms with E-state index in [9.17, 15) is 8.42 Å². The zero-order valence-electron chi connectivity index (χ0n) is 12.4. The minimum absolute atomic E-state index is 0.220. The zero-order chi connectivity index (χ0) is 15.6. The van der Waals surface area contributed by atoms with E-state index in [1.165, 1.54) is 4.31 Å². The van der Waals surface area contributed by atoms with Crippen molar-refractivity contribution in [3.05, 3.63) is 47.5 Å². The van der Waals surface area contributed by atoms with Gasteiger partial charge in [-0.1, -0.05) is 6.07 Å². The number of imidazole rings is 1. The van der Waals surface area contributed by atoms with Gasteiger partial charge in [-0.25, -0.2) is 13.4 Å². The summed E-state index contributed by atoms with van der Waals surface area (Å²) in [7, 11) is -0.175. The number of sulfonamides is 1. The van der Waals surface area contributed by atoms with Gasteiger partial charge in [0.25, 0.3) is 0 Å². The van der Waals surface area contributed by atoms with Crippen LogP contribution in [0.25, 0.3) is 0 Å². The summed E-state index contributed by atoms with van der Waals surface area (Å²) < 4.78 is 28.3. The van der Waals surface area contributed by atoms with E-state index in [1.807, 2.05) is 14.0 Å². The molecule has 1 aromatic carbocycles. The van der Waals surface area contributed by atoms with E-state index >= 15 is 0 Å². The Morgan fingerprint density at radius 3 is 2.67 bits per heavy atom. The molecule has 0 spiro atoms. The van der Waals surface area contributed by atoms with Gasteiger partial charge < -0.3 is 10.3 Å². The Hall–Kier alpha value is -1.70. The SMILES string of the molecule is Cc1ccc(S(=O)(=O)N(C)Cc2nccn2C)cc1CN. The van der Waals surface area contributed by atoms with Crippen LogP contribution >= 0.6 is 0 Å². The lowest BCUT2D eigenvalue weighted by Gasteiger charge is -2.18. The Kier molecular flexibility index (Phi) is 4.46. The summed E-state index contributed by atoms with van der Waals surface area (Å²) in [5.41, 5.74) is 7.47. The molecule has 7 heteroatoms. The van der Waals surface area contributed by atoms with Crippen molar-refractivity contribution in [1.29, 1.82) is 0 Å². The number of rotatable bonds is 5. The van der Waals surface area contributed by atoms with Crippen LogP contribution in [-0.4, -0.2) is 29.3 Å². The molecule has 0 aliphatic carbocycles. The highest BCUT2D eigenvalue weighted by atomic mass is 32.2. The number of aryl methyl sites for hydroxylation is 2. The third-order valence-electron chi connectivity index (χ3n) is 3.53. The number of hydrogen-bond acceptors (Lipinski definition) is 4. The summed E-state index contributed by atoms with van der Waals surface area (Å²) in [6.07, 6.45) is 3.43. The molecule has 0 fully saturated rings. The molecule has 0 aliphatic rings. The van der Waals surface area contributed by atoms with E-state index in [-0.39, 0.29) is 11.4 Å². The van der Waals surface area contributed by atoms with Crippen molar-refractivity contribution in [2.45, 2.75) is 24.9 Å². The Bertz CT molecular complexity index is 737. The third kappa shape index (κ3) is 3.15. The average molecular weight is 308 g/mol. The van der Waals surface area contributed by atoms with Gasteiger partial charge in [0.1, 0.15) is 5.82 Å². The fraction of sp³-hybridized carbons (Fsp3) is 0.357. The number of nitrogens with zero attached hydrogens (tertiary/aromatic N) is 3. The lowest BCUT2D eigenvalue weighted by Crippen LogP contribution is -2.28. The minimum atomic E-state index is -3.56. The maximum Gasteiger partial charge on any atom is 0.243 e. The summed E-state index contributed by atoms with van der Waals surface area (Å²) in [6, 6.07) is 5.03. The van der Waals surface area contributed by atoms with Crippen LogP contribution in [0.15, 0.2) is 35.5 Å². The second-order valence-electron chi connectivity index (χ2n) is 5.01. The number of nitrogens with two attached hydrogens (primary N) is 1. The summed E-state index contributed by atoms with van der Waals surface area (Å²) in [5.74, 6) is 0.687. The van der Waals surface area contributed by atoms with Crippen LogP contribution in [0.5, 0.6) is 0 Å². The first-order valence-corrected chi connectivity index (χ1v) is 8.02. The van der Waals surface area contributed by atoms with Crippen molar-refractivity contribution >= 4 is 10.0 Å². The van der Waals surface area contributed by atoms with Crippen molar-refractivity contribution in [2.75, 3.05) is 7.05 Å². The highest BCUT2D eigenvalue weighted by Gasteiger charge is 2.22. The molecule has 0 bridgehead atoms. The van der Waals surface area contributed by atoms with E-state index in [0.29, 0.717) is 12.4 Å². The summed E-state index contributed by atoms with van der Waals surface area (Å²) in [5, 5.41) is 0. The largest absolute Gasteiger partial charge is 0.337 e. The smallest absolute Gasteiger partial charge is 0.243 e. The molecule has 2 aromatic rings. The first-order valence-electron chi connectivity index (χ1n) is 6.58. The van der Waals surface area contributed by atoms with E-state index in [0.717, 1.165) is 11.1 Å². The summed E-state index contributed by atoms with van der Waals surface area (Å²) >= 11 is 0. The second kappa shape index (κ2) is 5.97. The molecular weight excluding hydrogens is 288 g/mol. The molecule has 114 valence electrons. The van der Waals surface area contributed by atoms with Gasteiger partial charge in [0, 0.05) is 33.0 Å². The van der Waals surface area contributed by atoms with Crippen molar-refractivity contribution in [3.8, 4) is 0 Å². The predicted octanol–water partition coefficient (Wildman–Crippen LogP) is 1.01. The quantitative estimate of drug-likeness (QED) is 0.894. The second-order valence-corrected chi connectivity index (χ2v) is 7.05. The van der Waals surface area contributed by atoms with Crippen LogP contribution < -0.4 is 5.73 Å². The molecule has 0 saturated heterocycles. The number of aromatic nitrogens is 2. The molecule has 2 rings (SSSR count). The van der Waals surface area contributed by atoms with E-state index in [2.05, 4.69) is 4.98 Å². The molecule has 0 unspecified atom stereocenters. The lowest BCUT2D eigenvalue weighted by atomic mass is 10.1. The first-order chi connectivity index (χ1) is 9.86. The van der Waals surface area contributed by atoms with Crippen LogP contribution in [-0.2, 0) is 30.2 Å². The van der Waals surface area contributed by atoms with Crippen LogP contribution in [0, 0.1) is 6.92 Å². The maximum absolute atomic E-state index is 12.6. The molecule has 0 amide bonds. The Morgan fingerprint density at radius 1 is 1.38 bits per heavy atom. The lowest BCUT2D eigenvalue weighted by molar-refractivity contribution is 0.451. The van der Waals surface area contributed by atoms with Crippen LogP contribution in [0.3, 0.4) is 0 Å². The highest BCUT2D eigenvalue weighted by molar-refractivity contribution is 7.89. The van der Waals surface area contributed by atoms with Crippen molar-refractivity contribution in [1.82, 2.24) is 13.9 Å². The molecule has 0 saturated carbocycles. The standard InChI is InChI=1S/C14H20N4O2S/c1-11-4-5-13(8-12(11)9-15)21(19,20)18(3)10-14-16-6-7-17(14)2/h4-8H,9-10,15H2,1-3H3. The number of benzene rings is 1. The fourth-order valence-corrected chi connectivity index (χ4v) is 3.22. The van der Waals surface area contributed by atoms with E-state index in [1.54, 1.807) is 42.2 Å². The van der Waals surface area contributed by atoms with Gasteiger partial charge in [0.05, 0.1) is 11.4 Å². The maximum atomic E-state index is 12.6. The topological polar surface area (TPSA) is 81.2 Å². The first kappa shape index (κ1) is 15.7. The summed E-state index contributed by atoms with van der Waals surface area (Å²) in [4.78, 5) is 4.40. The fourth-order valence-electron chi connectivity index (χ4n) is 2.04. The Morgan fingerprint density at radius 2 is 2.10 bits per heavy atom. The van der Waals surface area contributed by atoms with Crippen molar-refractivity contribution in [3.63, 3.8) is 0 Å². The Labute approximate surface area is 125 Å². The molecule has 0 aliphatic heterocycles. The summed E-state index contributed by atoms with van der Waals surface area (Å²) in [6.45, 7) is 2.45. The van der Waals surface area contributed by atoms with Gasteiger partial charge in [0.15, 0.2) is 0 Å². The van der Waals surface area contributed by atoms with Gasteiger partial charge in [-0.2, -0.15) is 4.31 Å². The van der Waals surface area contributed by atoms with Crippen LogP contribution in [0.1, 0.15) is 17.0 Å². The van der Waals surface area contributed by atoms with E-state index in [4.69, 9.17) is 5.73 Å². The molecular formula is C14H20N4O2S. The van der Waals surface area contributed by atoms with Gasteiger partial charge in [-0.15, -0.1) is 0 Å². The number of hydrogen-bond donors (Lipinski definition) is 1. The predicted molar refractivity (Wildman–Crippen MR) is 80.9 cm³/mol. The minimum Gasteiger partial charge on any atom is -0.337 e. The monoisotopic (exact) mass is 308 g/mol. The van der Waals surface area contributed by atoms with Crippen LogP contribution in [0.4, 0.5) is 0 Å². The van der Waals surface area contributed by atoms with Gasteiger partial charge >= 0.3 is 0 Å². The molecule has 1 aromatic heterocycles. The van der Waals surface area contributed by atoms with Gasteiger partial charge in [0.2, 0.25) is 10.0 Å². The molecule has 0 atom stereocenters. The van der Waals surface area contributed by atoms with Gasteiger partial charge in [-0.3, -0.25) is 0 Å². The molecule has 6 nitrogen and oxygen atoms in total. The van der Waals surface area contributed by atoms with Gasteiger partial charge in [-0.05, 0) is 30.2 Å². The molecule has 0 radical (unpaired) electrons. The van der Waals surface area contributed by atoms with E-state index < -0.39 is 10.0 Å². The molecule has 1 heterocycles. The third-order valence-corrected chi connectivity index (χ3v) is 5.33. The normalized spacial score (nSPS) is 12.0. The molecule has 21 heavy (non-hydrogen) atoms. The van der Waals surface area contributed by atoms with Crippen molar-refractivity contribution in [2.24, 2.45) is 12.8 Å². The van der Waals surface area contributed by atoms with Crippen LogP contribution in [0.2, 0.25) is 0 Å². The van der Waals surface area contributed by atoms with Crippen molar-refractivity contribution < 1.29 is 8.42 Å².